The van der Waals surface area contributed by atoms with E-state index >= 15 is 0 Å². The SMILES string of the molecule is CC1(C(=O)O)CCN(C(=O)C(O)c2ccccc2)C1. The van der Waals surface area contributed by atoms with E-state index in [-0.39, 0.29) is 6.54 Å². The third kappa shape index (κ3) is 2.61. The van der Waals surface area contributed by atoms with Gasteiger partial charge in [0, 0.05) is 13.1 Å². The van der Waals surface area contributed by atoms with Gasteiger partial charge in [0.1, 0.15) is 0 Å². The van der Waals surface area contributed by atoms with Crippen LogP contribution in [0.3, 0.4) is 0 Å². The topological polar surface area (TPSA) is 77.8 Å². The summed E-state index contributed by atoms with van der Waals surface area (Å²) in [4.78, 5) is 24.7. The minimum Gasteiger partial charge on any atom is -0.481 e. The van der Waals surface area contributed by atoms with Crippen molar-refractivity contribution in [2.45, 2.75) is 19.4 Å². The summed E-state index contributed by atoms with van der Waals surface area (Å²) >= 11 is 0. The summed E-state index contributed by atoms with van der Waals surface area (Å²) < 4.78 is 0. The summed E-state index contributed by atoms with van der Waals surface area (Å²) in [7, 11) is 0. The molecular weight excluding hydrogens is 246 g/mol. The van der Waals surface area contributed by atoms with E-state index in [1.54, 1.807) is 37.3 Å². The Hall–Kier alpha value is -1.88. The standard InChI is InChI=1S/C14H17NO4/c1-14(13(18)19)7-8-15(9-14)12(17)11(16)10-5-3-2-4-6-10/h2-6,11,16H,7-9H2,1H3,(H,18,19). The third-order valence-electron chi connectivity index (χ3n) is 3.65. The van der Waals surface area contributed by atoms with Crippen LogP contribution < -0.4 is 0 Å². The van der Waals surface area contributed by atoms with Crippen LogP contribution in [0, 0.1) is 5.41 Å². The molecular formula is C14H17NO4. The smallest absolute Gasteiger partial charge is 0.311 e. The Morgan fingerprint density at radius 2 is 1.95 bits per heavy atom. The quantitative estimate of drug-likeness (QED) is 0.854. The van der Waals surface area contributed by atoms with Crippen LogP contribution in [-0.2, 0) is 9.59 Å². The van der Waals surface area contributed by atoms with E-state index in [4.69, 9.17) is 5.11 Å². The molecule has 2 N–H and O–H groups in total. The van der Waals surface area contributed by atoms with Crippen LogP contribution in [0.1, 0.15) is 25.0 Å². The predicted molar refractivity (Wildman–Crippen MR) is 68.3 cm³/mol. The summed E-state index contributed by atoms with van der Waals surface area (Å²) in [6, 6.07) is 8.65. The van der Waals surface area contributed by atoms with Gasteiger partial charge >= 0.3 is 5.97 Å². The number of aliphatic hydroxyl groups excluding tert-OH is 1. The van der Waals surface area contributed by atoms with Gasteiger partial charge in [0.25, 0.3) is 5.91 Å². The van der Waals surface area contributed by atoms with E-state index in [0.717, 1.165) is 0 Å². The number of carbonyl (C=O) groups excluding carboxylic acids is 1. The maximum absolute atomic E-state index is 12.1. The van der Waals surface area contributed by atoms with E-state index in [0.29, 0.717) is 18.5 Å². The number of carboxylic acid groups (broad SMARTS) is 1. The van der Waals surface area contributed by atoms with Crippen molar-refractivity contribution in [2.75, 3.05) is 13.1 Å². The number of hydrogen-bond acceptors (Lipinski definition) is 3. The predicted octanol–water partition coefficient (Wildman–Crippen LogP) is 1.04. The first-order chi connectivity index (χ1) is 8.94. The maximum Gasteiger partial charge on any atom is 0.311 e. The number of amides is 1. The molecule has 0 aliphatic carbocycles. The number of nitrogens with zero attached hydrogens (tertiary/aromatic N) is 1. The zero-order valence-corrected chi connectivity index (χ0v) is 10.7. The van der Waals surface area contributed by atoms with E-state index in [2.05, 4.69) is 0 Å². The molecule has 2 rings (SSSR count). The van der Waals surface area contributed by atoms with E-state index in [1.165, 1.54) is 4.90 Å². The van der Waals surface area contributed by atoms with Gasteiger partial charge in [-0.2, -0.15) is 0 Å². The lowest BCUT2D eigenvalue weighted by Gasteiger charge is -2.22. The van der Waals surface area contributed by atoms with Crippen LogP contribution in [0.15, 0.2) is 30.3 Å². The molecule has 2 unspecified atom stereocenters. The van der Waals surface area contributed by atoms with Gasteiger partial charge in [-0.15, -0.1) is 0 Å². The molecule has 0 bridgehead atoms. The Bertz CT molecular complexity index is 487. The van der Waals surface area contributed by atoms with Gasteiger partial charge in [-0.1, -0.05) is 30.3 Å². The van der Waals surface area contributed by atoms with E-state index in [9.17, 15) is 14.7 Å². The zero-order valence-electron chi connectivity index (χ0n) is 10.7. The number of carbonyl (C=O) groups is 2. The lowest BCUT2D eigenvalue weighted by Crippen LogP contribution is -2.37. The lowest BCUT2D eigenvalue weighted by molar-refractivity contribution is -0.148. The van der Waals surface area contributed by atoms with Gasteiger partial charge in [0.15, 0.2) is 6.10 Å². The Labute approximate surface area is 111 Å². The van der Waals surface area contributed by atoms with Gasteiger partial charge < -0.3 is 15.1 Å². The van der Waals surface area contributed by atoms with Gasteiger partial charge in [0.05, 0.1) is 5.41 Å². The molecule has 1 aromatic rings. The highest BCUT2D eigenvalue weighted by Gasteiger charge is 2.43. The van der Waals surface area contributed by atoms with Crippen molar-refractivity contribution in [3.05, 3.63) is 35.9 Å². The number of hydrogen-bond donors (Lipinski definition) is 2. The van der Waals surface area contributed by atoms with Crippen molar-refractivity contribution in [1.29, 1.82) is 0 Å². The summed E-state index contributed by atoms with van der Waals surface area (Å²) in [5, 5.41) is 19.1. The monoisotopic (exact) mass is 263 g/mol. The highest BCUT2D eigenvalue weighted by atomic mass is 16.4. The third-order valence-corrected chi connectivity index (χ3v) is 3.65. The van der Waals surface area contributed by atoms with E-state index < -0.39 is 23.4 Å². The number of likely N-dealkylation sites (tertiary alicyclic amines) is 1. The molecule has 19 heavy (non-hydrogen) atoms. The fraction of sp³-hybridized carbons (Fsp3) is 0.429. The summed E-state index contributed by atoms with van der Waals surface area (Å²) in [5.74, 6) is -1.34. The second kappa shape index (κ2) is 5.01. The molecule has 2 atom stereocenters. The molecule has 5 nitrogen and oxygen atoms in total. The van der Waals surface area contributed by atoms with Crippen LogP contribution in [0.5, 0.6) is 0 Å². The largest absolute Gasteiger partial charge is 0.481 e. The van der Waals surface area contributed by atoms with Crippen LogP contribution in [0.25, 0.3) is 0 Å². The first-order valence-corrected chi connectivity index (χ1v) is 6.19. The molecule has 1 fully saturated rings. The lowest BCUT2D eigenvalue weighted by atomic mass is 9.90. The summed E-state index contributed by atoms with van der Waals surface area (Å²) in [6.45, 7) is 2.13. The van der Waals surface area contributed by atoms with Crippen LogP contribution in [-0.4, -0.2) is 40.1 Å². The van der Waals surface area contributed by atoms with Gasteiger partial charge in [0.2, 0.25) is 0 Å². The first-order valence-electron chi connectivity index (χ1n) is 6.19. The Balaban J connectivity index is 2.08. The van der Waals surface area contributed by atoms with Crippen molar-refractivity contribution in [3.63, 3.8) is 0 Å². The summed E-state index contributed by atoms with van der Waals surface area (Å²) in [5.41, 5.74) is -0.386. The van der Waals surface area contributed by atoms with Crippen LogP contribution >= 0.6 is 0 Å². The van der Waals surface area contributed by atoms with Crippen molar-refractivity contribution < 1.29 is 19.8 Å². The normalized spacial score (nSPS) is 24.2. The molecule has 1 amide bonds. The average molecular weight is 263 g/mol. The van der Waals surface area contributed by atoms with Crippen LogP contribution in [0.2, 0.25) is 0 Å². The van der Waals surface area contributed by atoms with Crippen molar-refractivity contribution in [3.8, 4) is 0 Å². The number of aliphatic hydroxyl groups is 1. The number of rotatable bonds is 3. The molecule has 1 heterocycles. The zero-order chi connectivity index (χ0) is 14.0. The second-order valence-electron chi connectivity index (χ2n) is 5.19. The number of benzene rings is 1. The van der Waals surface area contributed by atoms with Gasteiger partial charge in [-0.25, -0.2) is 0 Å². The average Bonchev–Trinajstić information content (AvgIpc) is 2.82. The fourth-order valence-corrected chi connectivity index (χ4v) is 2.27. The van der Waals surface area contributed by atoms with Crippen LogP contribution in [0.4, 0.5) is 0 Å². The van der Waals surface area contributed by atoms with Crippen molar-refractivity contribution in [1.82, 2.24) is 4.90 Å². The molecule has 1 aliphatic rings. The second-order valence-corrected chi connectivity index (χ2v) is 5.19. The molecule has 5 heteroatoms. The highest BCUT2D eigenvalue weighted by molar-refractivity contribution is 5.84. The molecule has 0 radical (unpaired) electrons. The Morgan fingerprint density at radius 1 is 1.32 bits per heavy atom. The highest BCUT2D eigenvalue weighted by Crippen LogP contribution is 2.31. The minimum absolute atomic E-state index is 0.144. The molecule has 0 spiro atoms. The summed E-state index contributed by atoms with van der Waals surface area (Å²) in [6.07, 6.45) is -0.812. The minimum atomic E-state index is -1.22. The number of aliphatic carboxylic acids is 1. The Morgan fingerprint density at radius 3 is 2.47 bits per heavy atom. The first kappa shape index (κ1) is 13.5. The van der Waals surface area contributed by atoms with Gasteiger partial charge in [-0.3, -0.25) is 9.59 Å². The van der Waals surface area contributed by atoms with Gasteiger partial charge in [-0.05, 0) is 18.9 Å². The molecule has 0 aromatic heterocycles. The molecule has 1 aromatic carbocycles. The molecule has 1 aliphatic heterocycles. The Kier molecular flexibility index (Phi) is 3.57. The molecule has 102 valence electrons. The molecule has 1 saturated heterocycles. The van der Waals surface area contributed by atoms with Crippen molar-refractivity contribution >= 4 is 11.9 Å². The van der Waals surface area contributed by atoms with E-state index in [1.807, 2.05) is 0 Å². The fourth-order valence-electron chi connectivity index (χ4n) is 2.27. The van der Waals surface area contributed by atoms with Crippen molar-refractivity contribution in [2.24, 2.45) is 5.41 Å². The molecule has 0 saturated carbocycles. The number of carboxylic acids is 1. The maximum atomic E-state index is 12.1.